The van der Waals surface area contributed by atoms with Crippen molar-refractivity contribution in [1.29, 1.82) is 0 Å². The fraction of sp³-hybridized carbons (Fsp3) is 0.231. The highest BCUT2D eigenvalue weighted by Gasteiger charge is 2.06. The van der Waals surface area contributed by atoms with Crippen LogP contribution in [0.5, 0.6) is 0 Å². The van der Waals surface area contributed by atoms with Gasteiger partial charge in [0.05, 0.1) is 3.57 Å². The monoisotopic (exact) mass is 373 g/mol. The van der Waals surface area contributed by atoms with Crippen LogP contribution in [0.4, 0.5) is 5.82 Å². The van der Waals surface area contributed by atoms with Crippen molar-refractivity contribution in [3.05, 3.63) is 39.1 Å². The van der Waals surface area contributed by atoms with Crippen LogP contribution in [0.2, 0.25) is 5.02 Å². The molecule has 1 N–H and O–H groups in total. The third kappa shape index (κ3) is 3.32. The number of nitrogens with zero attached hydrogens (tertiary/aromatic N) is 2. The van der Waals surface area contributed by atoms with E-state index in [-0.39, 0.29) is 0 Å². The maximum Gasteiger partial charge on any atom is 0.161 e. The molecule has 2 aromatic rings. The molecule has 0 unspecified atom stereocenters. The Balaban J connectivity index is 2.31. The van der Waals surface area contributed by atoms with Crippen LogP contribution in [-0.2, 0) is 0 Å². The van der Waals surface area contributed by atoms with Gasteiger partial charge in [0.15, 0.2) is 5.82 Å². The molecule has 1 heterocycles. The van der Waals surface area contributed by atoms with Crippen molar-refractivity contribution in [3.63, 3.8) is 0 Å². The lowest BCUT2D eigenvalue weighted by Crippen LogP contribution is -2.05. The summed E-state index contributed by atoms with van der Waals surface area (Å²) in [5, 5.41) is 4.02. The Morgan fingerprint density at radius 3 is 2.67 bits per heavy atom. The third-order valence-corrected chi connectivity index (χ3v) is 3.43. The van der Waals surface area contributed by atoms with Crippen LogP contribution in [0.1, 0.15) is 13.3 Å². The first kappa shape index (κ1) is 13.5. The van der Waals surface area contributed by atoms with Crippen molar-refractivity contribution in [2.24, 2.45) is 0 Å². The maximum atomic E-state index is 5.87. The third-order valence-electron chi connectivity index (χ3n) is 2.39. The van der Waals surface area contributed by atoms with Crippen LogP contribution in [0.25, 0.3) is 11.4 Å². The second-order valence-corrected chi connectivity index (χ2v) is 5.42. The van der Waals surface area contributed by atoms with Crippen molar-refractivity contribution in [3.8, 4) is 11.4 Å². The zero-order valence-electron chi connectivity index (χ0n) is 9.95. The van der Waals surface area contributed by atoms with E-state index in [1.807, 2.05) is 30.5 Å². The SMILES string of the molecule is CCCNc1nc(-c2ccc(Cl)cc2)ncc1I. The van der Waals surface area contributed by atoms with E-state index >= 15 is 0 Å². The molecule has 3 nitrogen and oxygen atoms in total. The van der Waals surface area contributed by atoms with Crippen molar-refractivity contribution >= 4 is 40.0 Å². The molecule has 0 fully saturated rings. The minimum absolute atomic E-state index is 0.714. The van der Waals surface area contributed by atoms with Gasteiger partial charge in [-0.15, -0.1) is 0 Å². The number of halogens is 2. The van der Waals surface area contributed by atoms with E-state index in [0.717, 1.165) is 27.9 Å². The van der Waals surface area contributed by atoms with Gasteiger partial charge in [0.25, 0.3) is 0 Å². The van der Waals surface area contributed by atoms with Gasteiger partial charge >= 0.3 is 0 Å². The van der Waals surface area contributed by atoms with Crippen molar-refractivity contribution in [2.75, 3.05) is 11.9 Å². The Hall–Kier alpha value is -0.880. The lowest BCUT2D eigenvalue weighted by molar-refractivity contribution is 0.963. The molecule has 0 radical (unpaired) electrons. The van der Waals surface area contributed by atoms with Gasteiger partial charge in [0.2, 0.25) is 0 Å². The van der Waals surface area contributed by atoms with E-state index in [1.165, 1.54) is 0 Å². The molecule has 18 heavy (non-hydrogen) atoms. The standard InChI is InChI=1S/C13H13ClIN3/c1-2-7-16-13-11(15)8-17-12(18-13)9-3-5-10(14)6-4-9/h3-6,8H,2,7H2,1H3,(H,16,17,18). The minimum atomic E-state index is 0.714. The highest BCUT2D eigenvalue weighted by molar-refractivity contribution is 14.1. The van der Waals surface area contributed by atoms with Gasteiger partial charge in [-0.2, -0.15) is 0 Å². The molecule has 94 valence electrons. The highest BCUT2D eigenvalue weighted by Crippen LogP contribution is 2.21. The summed E-state index contributed by atoms with van der Waals surface area (Å²) in [5.74, 6) is 1.60. The molecule has 0 spiro atoms. The summed E-state index contributed by atoms with van der Waals surface area (Å²) in [6.07, 6.45) is 2.89. The molecule has 0 atom stereocenters. The molecule has 1 aromatic carbocycles. The Kier molecular flexibility index (Phi) is 4.77. The summed E-state index contributed by atoms with van der Waals surface area (Å²) in [4.78, 5) is 8.88. The smallest absolute Gasteiger partial charge is 0.161 e. The number of aromatic nitrogens is 2. The molecule has 1 aromatic heterocycles. The number of benzene rings is 1. The zero-order valence-corrected chi connectivity index (χ0v) is 12.9. The molecular formula is C13H13ClIN3. The second-order valence-electron chi connectivity index (χ2n) is 3.82. The fourth-order valence-electron chi connectivity index (χ4n) is 1.47. The molecule has 0 aliphatic heterocycles. The summed E-state index contributed by atoms with van der Waals surface area (Å²) < 4.78 is 1.03. The Morgan fingerprint density at radius 1 is 1.28 bits per heavy atom. The van der Waals surface area contributed by atoms with Gasteiger partial charge in [-0.1, -0.05) is 18.5 Å². The van der Waals surface area contributed by atoms with Gasteiger partial charge in [-0.25, -0.2) is 9.97 Å². The van der Waals surface area contributed by atoms with Gasteiger partial charge in [-0.3, -0.25) is 0 Å². The average molecular weight is 374 g/mol. The largest absolute Gasteiger partial charge is 0.369 e. The number of rotatable bonds is 4. The molecule has 2 rings (SSSR count). The summed E-state index contributed by atoms with van der Waals surface area (Å²) in [5.41, 5.74) is 0.968. The Labute approximate surface area is 125 Å². The van der Waals surface area contributed by atoms with Crippen LogP contribution in [-0.4, -0.2) is 16.5 Å². The predicted molar refractivity (Wildman–Crippen MR) is 84.0 cm³/mol. The van der Waals surface area contributed by atoms with Gasteiger partial charge < -0.3 is 5.32 Å². The number of hydrogen-bond acceptors (Lipinski definition) is 3. The molecule has 0 bridgehead atoms. The summed E-state index contributed by atoms with van der Waals surface area (Å²) in [6.45, 7) is 3.04. The molecule has 0 aliphatic carbocycles. The fourth-order valence-corrected chi connectivity index (χ4v) is 2.05. The van der Waals surface area contributed by atoms with E-state index in [4.69, 9.17) is 11.6 Å². The van der Waals surface area contributed by atoms with Crippen molar-refractivity contribution < 1.29 is 0 Å². The van der Waals surface area contributed by atoms with E-state index in [1.54, 1.807) is 0 Å². The van der Waals surface area contributed by atoms with Crippen LogP contribution in [0, 0.1) is 3.57 Å². The lowest BCUT2D eigenvalue weighted by atomic mass is 10.2. The summed E-state index contributed by atoms with van der Waals surface area (Å²) in [6, 6.07) is 7.54. The lowest BCUT2D eigenvalue weighted by Gasteiger charge is -2.08. The van der Waals surface area contributed by atoms with E-state index < -0.39 is 0 Å². The molecule has 0 aliphatic rings. The second kappa shape index (κ2) is 6.33. The van der Waals surface area contributed by atoms with Gasteiger partial charge in [-0.05, 0) is 53.3 Å². The van der Waals surface area contributed by atoms with Gasteiger partial charge in [0, 0.05) is 23.3 Å². The first-order valence-corrected chi connectivity index (χ1v) is 7.18. The Bertz CT molecular complexity index is 528. The summed E-state index contributed by atoms with van der Waals surface area (Å²) in [7, 11) is 0. The van der Waals surface area contributed by atoms with E-state index in [2.05, 4.69) is 44.8 Å². The highest BCUT2D eigenvalue weighted by atomic mass is 127. The van der Waals surface area contributed by atoms with Crippen LogP contribution >= 0.6 is 34.2 Å². The first-order valence-electron chi connectivity index (χ1n) is 5.73. The van der Waals surface area contributed by atoms with E-state index in [9.17, 15) is 0 Å². The molecule has 5 heteroatoms. The quantitative estimate of drug-likeness (QED) is 0.815. The number of hydrogen-bond donors (Lipinski definition) is 1. The van der Waals surface area contributed by atoms with Crippen molar-refractivity contribution in [2.45, 2.75) is 13.3 Å². The van der Waals surface area contributed by atoms with Crippen LogP contribution in [0.15, 0.2) is 30.5 Å². The minimum Gasteiger partial charge on any atom is -0.369 e. The molecule has 0 saturated heterocycles. The van der Waals surface area contributed by atoms with E-state index in [0.29, 0.717) is 10.8 Å². The van der Waals surface area contributed by atoms with Gasteiger partial charge in [0.1, 0.15) is 5.82 Å². The zero-order chi connectivity index (χ0) is 13.0. The predicted octanol–water partition coefficient (Wildman–Crippen LogP) is 4.22. The van der Waals surface area contributed by atoms with Crippen molar-refractivity contribution in [1.82, 2.24) is 9.97 Å². The number of nitrogens with one attached hydrogen (secondary N) is 1. The maximum absolute atomic E-state index is 5.87. The molecular weight excluding hydrogens is 361 g/mol. The Morgan fingerprint density at radius 2 is 2.00 bits per heavy atom. The average Bonchev–Trinajstić information content (AvgIpc) is 2.39. The first-order chi connectivity index (χ1) is 8.70. The number of anilines is 1. The van der Waals surface area contributed by atoms with Crippen LogP contribution < -0.4 is 5.32 Å². The normalized spacial score (nSPS) is 10.4. The summed E-state index contributed by atoms with van der Waals surface area (Å²) >= 11 is 8.10. The molecule has 0 amide bonds. The van der Waals surface area contributed by atoms with Crippen LogP contribution in [0.3, 0.4) is 0 Å². The molecule has 0 saturated carbocycles. The topological polar surface area (TPSA) is 37.8 Å².